The molecule has 2 heterocycles. The fourth-order valence-corrected chi connectivity index (χ4v) is 2.98. The van der Waals surface area contributed by atoms with E-state index in [1.54, 1.807) is 0 Å². The Balaban J connectivity index is 1.86. The third kappa shape index (κ3) is 4.35. The summed E-state index contributed by atoms with van der Waals surface area (Å²) in [5, 5.41) is 16.3. The Morgan fingerprint density at radius 1 is 1.33 bits per heavy atom. The van der Waals surface area contributed by atoms with Gasteiger partial charge in [-0.3, -0.25) is 4.79 Å². The number of aryl methyl sites for hydroxylation is 2. The van der Waals surface area contributed by atoms with E-state index >= 15 is 0 Å². The van der Waals surface area contributed by atoms with E-state index in [1.807, 2.05) is 13.8 Å². The second kappa shape index (κ2) is 6.80. The first kappa shape index (κ1) is 15.6. The Morgan fingerprint density at radius 2 is 2.10 bits per heavy atom. The van der Waals surface area contributed by atoms with Crippen LogP contribution in [0.2, 0.25) is 0 Å². The summed E-state index contributed by atoms with van der Waals surface area (Å²) < 4.78 is 5.08. The van der Waals surface area contributed by atoms with Gasteiger partial charge in [0.2, 0.25) is 11.0 Å². The minimum absolute atomic E-state index is 0.0674. The molecule has 0 radical (unpaired) electrons. The molecule has 2 rings (SSSR count). The van der Waals surface area contributed by atoms with Gasteiger partial charge in [0.1, 0.15) is 10.8 Å². The molecule has 0 bridgehead atoms. The van der Waals surface area contributed by atoms with Crippen LogP contribution >= 0.6 is 11.3 Å². The summed E-state index contributed by atoms with van der Waals surface area (Å²) in [5.41, 5.74) is 1.85. The van der Waals surface area contributed by atoms with E-state index in [1.165, 1.54) is 11.3 Å². The lowest BCUT2D eigenvalue weighted by atomic mass is 10.1. The molecule has 0 saturated carbocycles. The van der Waals surface area contributed by atoms with Crippen LogP contribution in [-0.2, 0) is 17.6 Å². The zero-order valence-electron chi connectivity index (χ0n) is 12.8. The fraction of sp³-hybridized carbons (Fsp3) is 0.571. The summed E-state index contributed by atoms with van der Waals surface area (Å²) >= 11 is 1.43. The number of aromatic nitrogens is 3. The first-order valence-corrected chi connectivity index (χ1v) is 7.81. The van der Waals surface area contributed by atoms with Gasteiger partial charge >= 0.3 is 0 Å². The third-order valence-electron chi connectivity index (χ3n) is 3.08. The normalized spacial score (nSPS) is 11.1. The van der Waals surface area contributed by atoms with Crippen molar-refractivity contribution in [2.24, 2.45) is 5.92 Å². The van der Waals surface area contributed by atoms with Crippen LogP contribution in [0.5, 0.6) is 0 Å². The number of anilines is 1. The average molecular weight is 308 g/mol. The first-order valence-electron chi connectivity index (χ1n) is 6.99. The maximum Gasteiger partial charge on any atom is 0.226 e. The summed E-state index contributed by atoms with van der Waals surface area (Å²) in [4.78, 5) is 11.9. The van der Waals surface area contributed by atoms with Crippen molar-refractivity contribution in [3.8, 4) is 0 Å². The second-order valence-electron chi connectivity index (χ2n) is 5.45. The molecule has 0 unspecified atom stereocenters. The van der Waals surface area contributed by atoms with E-state index in [4.69, 9.17) is 4.52 Å². The van der Waals surface area contributed by atoms with Gasteiger partial charge in [-0.1, -0.05) is 30.3 Å². The maximum atomic E-state index is 11.9. The largest absolute Gasteiger partial charge is 0.361 e. The highest BCUT2D eigenvalue weighted by molar-refractivity contribution is 7.15. The minimum Gasteiger partial charge on any atom is -0.361 e. The zero-order valence-corrected chi connectivity index (χ0v) is 13.6. The molecular weight excluding hydrogens is 288 g/mol. The molecule has 6 nitrogen and oxygen atoms in total. The predicted molar refractivity (Wildman–Crippen MR) is 81.4 cm³/mol. The molecule has 0 fully saturated rings. The second-order valence-corrected chi connectivity index (χ2v) is 6.51. The van der Waals surface area contributed by atoms with Crippen LogP contribution < -0.4 is 5.32 Å². The van der Waals surface area contributed by atoms with Crippen molar-refractivity contribution in [1.29, 1.82) is 0 Å². The number of carbonyl (C=O) groups excluding carboxylic acids is 1. The molecule has 2 aromatic heterocycles. The first-order chi connectivity index (χ1) is 9.95. The number of hydrogen-bond donors (Lipinski definition) is 1. The van der Waals surface area contributed by atoms with Crippen LogP contribution in [0.4, 0.5) is 5.13 Å². The highest BCUT2D eigenvalue weighted by Gasteiger charge is 2.13. The van der Waals surface area contributed by atoms with E-state index in [-0.39, 0.29) is 5.91 Å². The molecule has 1 N–H and O–H groups in total. The van der Waals surface area contributed by atoms with Crippen LogP contribution in [0.1, 0.15) is 42.3 Å². The van der Waals surface area contributed by atoms with Crippen molar-refractivity contribution < 1.29 is 9.32 Å². The van der Waals surface area contributed by atoms with Crippen molar-refractivity contribution in [2.45, 2.75) is 47.0 Å². The van der Waals surface area contributed by atoms with E-state index in [2.05, 4.69) is 34.5 Å². The van der Waals surface area contributed by atoms with Gasteiger partial charge in [-0.15, -0.1) is 10.2 Å². The van der Waals surface area contributed by atoms with E-state index in [9.17, 15) is 4.79 Å². The molecule has 1 amide bonds. The highest BCUT2D eigenvalue weighted by Crippen LogP contribution is 2.19. The van der Waals surface area contributed by atoms with Gasteiger partial charge in [0, 0.05) is 18.4 Å². The van der Waals surface area contributed by atoms with E-state index < -0.39 is 0 Å². The smallest absolute Gasteiger partial charge is 0.226 e. The molecule has 0 aromatic carbocycles. The molecule has 0 spiro atoms. The molecular formula is C14H20N4O2S. The molecule has 2 aromatic rings. The molecule has 0 atom stereocenters. The van der Waals surface area contributed by atoms with Gasteiger partial charge < -0.3 is 9.84 Å². The van der Waals surface area contributed by atoms with Crippen LogP contribution in [0, 0.1) is 19.8 Å². The Hall–Kier alpha value is -1.76. The maximum absolute atomic E-state index is 11.9. The molecule has 0 aliphatic heterocycles. The number of amides is 1. The predicted octanol–water partition coefficient (Wildman–Crippen LogP) is 2.91. The Labute approximate surface area is 127 Å². The minimum atomic E-state index is -0.0674. The van der Waals surface area contributed by atoms with Gasteiger partial charge in [0.15, 0.2) is 0 Å². The van der Waals surface area contributed by atoms with Gasteiger partial charge in [-0.05, 0) is 26.2 Å². The topological polar surface area (TPSA) is 80.9 Å². The molecule has 21 heavy (non-hydrogen) atoms. The number of rotatable bonds is 6. The van der Waals surface area contributed by atoms with E-state index in [0.29, 0.717) is 23.9 Å². The third-order valence-corrected chi connectivity index (χ3v) is 3.94. The van der Waals surface area contributed by atoms with Crippen molar-refractivity contribution in [3.05, 3.63) is 22.0 Å². The number of nitrogens with zero attached hydrogens (tertiary/aromatic N) is 3. The molecule has 114 valence electrons. The van der Waals surface area contributed by atoms with Gasteiger partial charge in [-0.25, -0.2) is 0 Å². The molecule has 0 aliphatic carbocycles. The van der Waals surface area contributed by atoms with Crippen molar-refractivity contribution in [3.63, 3.8) is 0 Å². The average Bonchev–Trinajstić information content (AvgIpc) is 2.95. The van der Waals surface area contributed by atoms with Crippen molar-refractivity contribution in [2.75, 3.05) is 5.32 Å². The monoisotopic (exact) mass is 308 g/mol. The summed E-state index contributed by atoms with van der Waals surface area (Å²) in [7, 11) is 0. The summed E-state index contributed by atoms with van der Waals surface area (Å²) in [5.74, 6) is 1.23. The summed E-state index contributed by atoms with van der Waals surface area (Å²) in [6.07, 6.45) is 1.87. The molecule has 0 aliphatic rings. The van der Waals surface area contributed by atoms with Crippen molar-refractivity contribution in [1.82, 2.24) is 15.4 Å². The lowest BCUT2D eigenvalue weighted by molar-refractivity contribution is -0.116. The molecule has 7 heteroatoms. The Bertz CT molecular complexity index is 599. The summed E-state index contributed by atoms with van der Waals surface area (Å²) in [6.45, 7) is 8.00. The quantitative estimate of drug-likeness (QED) is 0.887. The number of nitrogens with one attached hydrogen (secondary N) is 1. The van der Waals surface area contributed by atoms with Crippen molar-refractivity contribution >= 4 is 22.4 Å². The summed E-state index contributed by atoms with van der Waals surface area (Å²) in [6, 6.07) is 0. The SMILES string of the molecule is Cc1noc(C)c1CCC(=O)Nc1nnc(CC(C)C)s1. The standard InChI is InChI=1S/C14H20N4O2S/c1-8(2)7-13-16-17-14(21-13)15-12(19)6-5-11-9(3)18-20-10(11)4/h8H,5-7H2,1-4H3,(H,15,17,19). The van der Waals surface area contributed by atoms with Crippen LogP contribution in [0.25, 0.3) is 0 Å². The van der Waals surface area contributed by atoms with E-state index in [0.717, 1.165) is 28.4 Å². The highest BCUT2D eigenvalue weighted by atomic mass is 32.1. The number of hydrogen-bond acceptors (Lipinski definition) is 6. The van der Waals surface area contributed by atoms with Crippen LogP contribution in [0.15, 0.2) is 4.52 Å². The Morgan fingerprint density at radius 3 is 2.71 bits per heavy atom. The van der Waals surface area contributed by atoms with Crippen LogP contribution in [-0.4, -0.2) is 21.3 Å². The lowest BCUT2D eigenvalue weighted by Crippen LogP contribution is -2.12. The molecule has 0 saturated heterocycles. The number of carbonyl (C=O) groups is 1. The van der Waals surface area contributed by atoms with Gasteiger partial charge in [-0.2, -0.15) is 0 Å². The van der Waals surface area contributed by atoms with Gasteiger partial charge in [0.05, 0.1) is 5.69 Å². The Kier molecular flexibility index (Phi) is 5.06. The zero-order chi connectivity index (χ0) is 15.4. The fourth-order valence-electron chi connectivity index (χ4n) is 2.01. The van der Waals surface area contributed by atoms with Gasteiger partial charge in [0.25, 0.3) is 0 Å². The van der Waals surface area contributed by atoms with Crippen LogP contribution in [0.3, 0.4) is 0 Å². The lowest BCUT2D eigenvalue weighted by Gasteiger charge is -2.01.